The van der Waals surface area contributed by atoms with E-state index >= 15 is 0 Å². The summed E-state index contributed by atoms with van der Waals surface area (Å²) in [4.78, 5) is 13.0. The highest BCUT2D eigenvalue weighted by molar-refractivity contribution is 5.83. The molecule has 3 atom stereocenters. The minimum absolute atomic E-state index is 0.0933. The fourth-order valence-corrected chi connectivity index (χ4v) is 2.07. The third kappa shape index (κ3) is 1.81. The molecular formula is C12H15NO3. The van der Waals surface area contributed by atoms with Gasteiger partial charge in [-0.15, -0.1) is 0 Å². The molecule has 86 valence electrons. The minimum Gasteiger partial charge on any atom is -0.383 e. The molecule has 4 heteroatoms. The zero-order chi connectivity index (χ0) is 11.7. The summed E-state index contributed by atoms with van der Waals surface area (Å²) in [5.41, 5.74) is 0.948. The van der Waals surface area contributed by atoms with Crippen molar-refractivity contribution in [2.75, 3.05) is 0 Å². The predicted octanol–water partition coefficient (Wildman–Crippen LogP) is 0.659. The van der Waals surface area contributed by atoms with Gasteiger partial charge in [-0.05, 0) is 12.5 Å². The van der Waals surface area contributed by atoms with Crippen LogP contribution in [0.4, 0.5) is 0 Å². The Kier molecular flexibility index (Phi) is 2.94. The van der Waals surface area contributed by atoms with Gasteiger partial charge in [0.2, 0.25) is 0 Å². The Labute approximate surface area is 94.1 Å². The van der Waals surface area contributed by atoms with E-state index in [0.29, 0.717) is 0 Å². The molecule has 4 nitrogen and oxygen atoms in total. The van der Waals surface area contributed by atoms with Crippen molar-refractivity contribution in [3.8, 4) is 0 Å². The van der Waals surface area contributed by atoms with Gasteiger partial charge in [-0.3, -0.25) is 4.79 Å². The molecule has 16 heavy (non-hydrogen) atoms. The molecule has 0 aromatic heterocycles. The van der Waals surface area contributed by atoms with E-state index in [2.05, 4.69) is 0 Å². The van der Waals surface area contributed by atoms with Crippen LogP contribution < -0.4 is 0 Å². The fraction of sp³-hybridized carbons (Fsp3) is 0.417. The van der Waals surface area contributed by atoms with Crippen molar-refractivity contribution in [1.82, 2.24) is 4.90 Å². The summed E-state index contributed by atoms with van der Waals surface area (Å²) in [5.74, 6) is -0.399. The van der Waals surface area contributed by atoms with Crippen molar-refractivity contribution in [3.63, 3.8) is 0 Å². The van der Waals surface area contributed by atoms with Crippen LogP contribution >= 0.6 is 0 Å². The summed E-state index contributed by atoms with van der Waals surface area (Å²) in [6, 6.07) is 9.24. The van der Waals surface area contributed by atoms with Crippen molar-refractivity contribution in [2.45, 2.75) is 31.7 Å². The van der Waals surface area contributed by atoms with Crippen molar-refractivity contribution >= 4 is 5.91 Å². The van der Waals surface area contributed by atoms with E-state index in [1.54, 1.807) is 0 Å². The van der Waals surface area contributed by atoms with E-state index in [-0.39, 0.29) is 12.5 Å². The summed E-state index contributed by atoms with van der Waals surface area (Å²) in [6.45, 7) is 1.84. The number of hydrogen-bond acceptors (Lipinski definition) is 3. The van der Waals surface area contributed by atoms with Crippen LogP contribution in [-0.4, -0.2) is 33.4 Å². The second-order valence-corrected chi connectivity index (χ2v) is 4.06. The van der Waals surface area contributed by atoms with Gasteiger partial charge in [-0.25, -0.2) is 0 Å². The number of nitrogens with zero attached hydrogens (tertiary/aromatic N) is 1. The molecule has 2 N–H and O–H groups in total. The van der Waals surface area contributed by atoms with E-state index in [1.807, 2.05) is 37.3 Å². The molecule has 1 saturated heterocycles. The molecule has 1 heterocycles. The summed E-state index contributed by atoms with van der Waals surface area (Å²) in [6.07, 6.45) is -1.87. The quantitative estimate of drug-likeness (QED) is 0.771. The molecule has 0 bridgehead atoms. The molecule has 2 rings (SSSR count). The first-order valence-electron chi connectivity index (χ1n) is 5.34. The van der Waals surface area contributed by atoms with Crippen LogP contribution in [0.25, 0.3) is 0 Å². The van der Waals surface area contributed by atoms with Gasteiger partial charge in [0.1, 0.15) is 12.3 Å². The highest BCUT2D eigenvalue weighted by Gasteiger charge is 2.40. The zero-order valence-corrected chi connectivity index (χ0v) is 9.08. The molecule has 1 aromatic rings. The van der Waals surface area contributed by atoms with Crippen LogP contribution in [0, 0.1) is 0 Å². The van der Waals surface area contributed by atoms with Crippen LogP contribution in [0.3, 0.4) is 0 Å². The van der Waals surface area contributed by atoms with Gasteiger partial charge in [0.15, 0.2) is 0 Å². The molecule has 1 aliphatic heterocycles. The number of rotatable bonds is 2. The van der Waals surface area contributed by atoms with E-state index in [4.69, 9.17) is 0 Å². The number of carbonyl (C=O) groups is 1. The summed E-state index contributed by atoms with van der Waals surface area (Å²) in [5, 5.41) is 19.1. The normalized spacial score (nSPS) is 27.2. The van der Waals surface area contributed by atoms with Crippen LogP contribution in [-0.2, 0) is 4.79 Å². The SMILES string of the molecule is C[C@H](c1ccccc1)N1C(=O)[C@H](O)CC1O. The molecule has 1 unspecified atom stereocenters. The molecular weight excluding hydrogens is 206 g/mol. The van der Waals surface area contributed by atoms with Crippen LogP contribution in [0.2, 0.25) is 0 Å². The van der Waals surface area contributed by atoms with E-state index in [0.717, 1.165) is 5.56 Å². The number of likely N-dealkylation sites (tertiary alicyclic amines) is 1. The molecule has 1 aromatic carbocycles. The van der Waals surface area contributed by atoms with E-state index in [1.165, 1.54) is 4.90 Å². The molecule has 0 radical (unpaired) electrons. The van der Waals surface area contributed by atoms with Crippen molar-refractivity contribution in [3.05, 3.63) is 35.9 Å². The lowest BCUT2D eigenvalue weighted by molar-refractivity contribution is -0.141. The Balaban J connectivity index is 2.22. The smallest absolute Gasteiger partial charge is 0.254 e. The maximum atomic E-state index is 11.6. The molecule has 0 saturated carbocycles. The Morgan fingerprint density at radius 3 is 2.44 bits per heavy atom. The summed E-state index contributed by atoms with van der Waals surface area (Å²) >= 11 is 0. The molecule has 1 amide bonds. The Hall–Kier alpha value is -1.39. The van der Waals surface area contributed by atoms with Crippen molar-refractivity contribution in [2.24, 2.45) is 0 Å². The second-order valence-electron chi connectivity index (χ2n) is 4.06. The third-order valence-corrected chi connectivity index (χ3v) is 2.99. The highest BCUT2D eigenvalue weighted by atomic mass is 16.3. The number of benzene rings is 1. The van der Waals surface area contributed by atoms with E-state index in [9.17, 15) is 15.0 Å². The molecule has 0 aliphatic carbocycles. The lowest BCUT2D eigenvalue weighted by atomic mass is 10.1. The number of amides is 1. The minimum atomic E-state index is -1.07. The first kappa shape index (κ1) is 11.1. The second kappa shape index (κ2) is 4.23. The van der Waals surface area contributed by atoms with Crippen LogP contribution in [0.15, 0.2) is 30.3 Å². The number of hydrogen-bond donors (Lipinski definition) is 2. The Morgan fingerprint density at radius 1 is 1.31 bits per heavy atom. The first-order chi connectivity index (χ1) is 7.61. The van der Waals surface area contributed by atoms with Gasteiger partial charge < -0.3 is 15.1 Å². The monoisotopic (exact) mass is 221 g/mol. The molecule has 0 spiro atoms. The topological polar surface area (TPSA) is 60.8 Å². The lowest BCUT2D eigenvalue weighted by Crippen LogP contribution is -2.36. The van der Waals surface area contributed by atoms with Crippen molar-refractivity contribution < 1.29 is 15.0 Å². The van der Waals surface area contributed by atoms with Crippen molar-refractivity contribution in [1.29, 1.82) is 0 Å². The Bertz CT molecular complexity index is 379. The van der Waals surface area contributed by atoms with Crippen LogP contribution in [0.5, 0.6) is 0 Å². The fourth-order valence-electron chi connectivity index (χ4n) is 2.07. The average Bonchev–Trinajstić information content (AvgIpc) is 2.54. The maximum absolute atomic E-state index is 11.6. The maximum Gasteiger partial charge on any atom is 0.254 e. The number of carbonyl (C=O) groups excluding carboxylic acids is 1. The van der Waals surface area contributed by atoms with Gasteiger partial charge in [0.05, 0.1) is 6.04 Å². The molecule has 1 aliphatic rings. The molecule has 1 fully saturated rings. The standard InChI is InChI=1S/C12H15NO3/c1-8(9-5-3-2-4-6-9)13-11(15)7-10(14)12(13)16/h2-6,8,10-11,14-15H,7H2,1H3/t8-,10-,11?/m1/s1. The highest BCUT2D eigenvalue weighted by Crippen LogP contribution is 2.28. The lowest BCUT2D eigenvalue weighted by Gasteiger charge is -2.27. The number of aliphatic hydroxyl groups is 2. The van der Waals surface area contributed by atoms with Gasteiger partial charge in [0, 0.05) is 6.42 Å². The van der Waals surface area contributed by atoms with Crippen LogP contribution in [0.1, 0.15) is 24.9 Å². The average molecular weight is 221 g/mol. The first-order valence-corrected chi connectivity index (χ1v) is 5.34. The van der Waals surface area contributed by atoms with Gasteiger partial charge in [-0.1, -0.05) is 30.3 Å². The summed E-state index contributed by atoms with van der Waals surface area (Å²) < 4.78 is 0. The van der Waals surface area contributed by atoms with Gasteiger partial charge in [-0.2, -0.15) is 0 Å². The van der Waals surface area contributed by atoms with Gasteiger partial charge >= 0.3 is 0 Å². The zero-order valence-electron chi connectivity index (χ0n) is 9.08. The van der Waals surface area contributed by atoms with E-state index < -0.39 is 18.2 Å². The Morgan fingerprint density at radius 2 is 1.94 bits per heavy atom. The predicted molar refractivity (Wildman–Crippen MR) is 58.3 cm³/mol. The third-order valence-electron chi connectivity index (χ3n) is 2.99. The number of aliphatic hydroxyl groups excluding tert-OH is 2. The largest absolute Gasteiger partial charge is 0.383 e. The van der Waals surface area contributed by atoms with Gasteiger partial charge in [0.25, 0.3) is 5.91 Å². The summed E-state index contributed by atoms with van der Waals surface area (Å²) in [7, 11) is 0.